The number of hydrogen-bond donors (Lipinski definition) is 0. The summed E-state index contributed by atoms with van der Waals surface area (Å²) in [5.41, 5.74) is 0. The molecule has 0 aliphatic carbocycles. The molecule has 0 rings (SSSR count). The minimum atomic E-state index is 0. The molecule has 0 fully saturated rings. The van der Waals surface area contributed by atoms with Crippen LogP contribution < -0.4 is 0 Å². The van der Waals surface area contributed by atoms with E-state index in [0.29, 0.717) is 0 Å². The Morgan fingerprint density at radius 3 is 0.714 bits per heavy atom. The molecule has 0 aromatic heterocycles. The van der Waals surface area contributed by atoms with Gasteiger partial charge in [0, 0.05) is 0 Å². The summed E-state index contributed by atoms with van der Waals surface area (Å²) in [5, 5.41) is 0. The van der Waals surface area contributed by atoms with Gasteiger partial charge in [0.1, 0.15) is 0 Å². The average molecular weight is 190 g/mol. The van der Waals surface area contributed by atoms with Crippen molar-refractivity contribution in [1.82, 2.24) is 0 Å². The molecule has 0 bridgehead atoms. The van der Waals surface area contributed by atoms with Crippen LogP contribution in [0.3, 0.4) is 0 Å². The molecular formula is C5H13ORu-4. The van der Waals surface area contributed by atoms with E-state index in [0.717, 1.165) is 0 Å². The van der Waals surface area contributed by atoms with Gasteiger partial charge in [-0.05, 0) is 0 Å². The van der Waals surface area contributed by atoms with Gasteiger partial charge in [0.05, 0.1) is 0 Å². The van der Waals surface area contributed by atoms with E-state index < -0.39 is 0 Å². The maximum absolute atomic E-state index is 7.50. The Bertz CT molecular complexity index is 12.8. The molecule has 0 aromatic carbocycles. The van der Waals surface area contributed by atoms with Crippen LogP contribution in [0, 0.1) is 36.4 Å². The summed E-state index contributed by atoms with van der Waals surface area (Å²) >= 11 is 0. The van der Waals surface area contributed by atoms with Gasteiger partial charge in [-0.3, -0.25) is 0 Å². The molecule has 0 aromatic rings. The van der Waals surface area contributed by atoms with E-state index in [9.17, 15) is 0 Å². The third-order valence-corrected chi connectivity index (χ3v) is 0. The first-order valence-corrected chi connectivity index (χ1v) is 0.204. The Hall–Kier alpha value is 0.363. The van der Waals surface area contributed by atoms with Crippen LogP contribution in [-0.2, 0) is 24.1 Å². The maximum atomic E-state index is 7.50. The van der Waals surface area contributed by atoms with E-state index in [2.05, 4.69) is 6.65 Å². The standard InChI is InChI=1S/CO.4CH3.Ru.H/c1-2;;;;;;/h;4*1H3;;/q;4*-1;;. The molecule has 2 heteroatoms. The van der Waals surface area contributed by atoms with Gasteiger partial charge >= 0.3 is 30.8 Å². The zero-order valence-electron chi connectivity index (χ0n) is 5.29. The van der Waals surface area contributed by atoms with Gasteiger partial charge in [0.15, 0.2) is 0 Å². The van der Waals surface area contributed by atoms with Crippen molar-refractivity contribution in [1.29, 1.82) is 0 Å². The second-order valence-corrected chi connectivity index (χ2v) is 0. The molecule has 0 aliphatic rings. The molecule has 0 atom stereocenters. The van der Waals surface area contributed by atoms with Crippen molar-refractivity contribution >= 4 is 0 Å². The second kappa shape index (κ2) is 1390. The molecule has 0 spiro atoms. The van der Waals surface area contributed by atoms with Gasteiger partial charge in [-0.2, -0.15) is 0 Å². The first kappa shape index (κ1) is 160. The van der Waals surface area contributed by atoms with Crippen molar-refractivity contribution in [2.45, 2.75) is 0 Å². The van der Waals surface area contributed by atoms with Crippen molar-refractivity contribution in [2.75, 3.05) is 0 Å². The van der Waals surface area contributed by atoms with E-state index in [1.165, 1.54) is 0 Å². The molecule has 0 amide bonds. The molecule has 1 nitrogen and oxygen atoms in total. The van der Waals surface area contributed by atoms with Gasteiger partial charge in [0.2, 0.25) is 0 Å². The normalized spacial score (nSPS) is 0.286. The number of hydrogen-bond acceptors (Lipinski definition) is 0. The summed E-state index contributed by atoms with van der Waals surface area (Å²) in [6.45, 7) is 4.50. The summed E-state index contributed by atoms with van der Waals surface area (Å²) < 4.78 is 7.50. The molecule has 0 radical (unpaired) electrons. The van der Waals surface area contributed by atoms with Crippen molar-refractivity contribution in [3.8, 4) is 0 Å². The van der Waals surface area contributed by atoms with E-state index >= 15 is 0 Å². The molecule has 0 unspecified atom stereocenters. The van der Waals surface area contributed by atoms with E-state index in [1.807, 2.05) is 0 Å². The van der Waals surface area contributed by atoms with Crippen LogP contribution in [0.25, 0.3) is 0 Å². The average Bonchev–Trinajstić information content (AvgIpc) is 1.00. The number of rotatable bonds is 0. The summed E-state index contributed by atoms with van der Waals surface area (Å²) in [6, 6.07) is 0. The van der Waals surface area contributed by atoms with E-state index in [-0.39, 0.29) is 49.2 Å². The predicted octanol–water partition coefficient (Wildman–Crippen LogP) is 1.49. The fraction of sp³-hybridized carbons (Fsp3) is 0. The quantitative estimate of drug-likeness (QED) is 0.313. The fourth-order valence-electron chi connectivity index (χ4n) is 0. The van der Waals surface area contributed by atoms with Crippen molar-refractivity contribution in [3.63, 3.8) is 0 Å². The summed E-state index contributed by atoms with van der Waals surface area (Å²) in [4.78, 5) is 0. The monoisotopic (exact) mass is 191 g/mol. The molecule has 0 saturated heterocycles. The summed E-state index contributed by atoms with van der Waals surface area (Å²) in [7, 11) is 0. The first-order valence-electron chi connectivity index (χ1n) is 0.204. The van der Waals surface area contributed by atoms with E-state index in [1.54, 1.807) is 0 Å². The Balaban J connectivity index is -0.000000000500. The minimum absolute atomic E-state index is 0. The Morgan fingerprint density at radius 1 is 0.714 bits per heavy atom. The Morgan fingerprint density at radius 2 is 0.714 bits per heavy atom. The summed E-state index contributed by atoms with van der Waals surface area (Å²) in [5.74, 6) is 0. The van der Waals surface area contributed by atoms with Crippen LogP contribution in [0.2, 0.25) is 0 Å². The third-order valence-electron chi connectivity index (χ3n) is 0. The molecule has 7 heavy (non-hydrogen) atoms. The third kappa shape index (κ3) is 918. The van der Waals surface area contributed by atoms with Gasteiger partial charge in [-0.1, -0.05) is 0 Å². The SMILES string of the molecule is [C-]#[O+].[CH3-].[CH3-].[CH3-].[CH3-].[RuH]. The fourth-order valence-corrected chi connectivity index (χ4v) is 0. The first-order chi connectivity index (χ1) is 1.00. The van der Waals surface area contributed by atoms with Crippen molar-refractivity contribution in [3.05, 3.63) is 36.4 Å². The van der Waals surface area contributed by atoms with Gasteiger partial charge in [-0.15, -0.1) is 0 Å². The molecule has 0 heterocycles. The molecule has 51 valence electrons. The zero-order chi connectivity index (χ0) is 2.00. The Kier molecular flexibility index (Phi) is 31800. The van der Waals surface area contributed by atoms with Crippen molar-refractivity contribution in [2.24, 2.45) is 0 Å². The zero-order valence-corrected chi connectivity index (χ0v) is 7.14. The molecular weight excluding hydrogens is 177 g/mol. The van der Waals surface area contributed by atoms with Gasteiger partial charge < -0.3 is 29.7 Å². The van der Waals surface area contributed by atoms with Crippen LogP contribution in [0.15, 0.2) is 0 Å². The molecule has 0 saturated carbocycles. The Labute approximate surface area is 61.0 Å². The predicted molar refractivity (Wildman–Crippen MR) is 31.0 cm³/mol. The van der Waals surface area contributed by atoms with Crippen LogP contribution in [0.1, 0.15) is 0 Å². The molecule has 0 N–H and O–H groups in total. The van der Waals surface area contributed by atoms with Crippen LogP contribution in [0.4, 0.5) is 0 Å². The van der Waals surface area contributed by atoms with Crippen LogP contribution in [-0.4, -0.2) is 0 Å². The van der Waals surface area contributed by atoms with Crippen LogP contribution in [0.5, 0.6) is 0 Å². The van der Waals surface area contributed by atoms with Crippen LogP contribution >= 0.6 is 0 Å². The summed E-state index contributed by atoms with van der Waals surface area (Å²) in [6.07, 6.45) is 0. The second-order valence-electron chi connectivity index (χ2n) is 0. The van der Waals surface area contributed by atoms with Gasteiger partial charge in [0.25, 0.3) is 0 Å². The van der Waals surface area contributed by atoms with Crippen molar-refractivity contribution < 1.29 is 24.1 Å². The van der Waals surface area contributed by atoms with Gasteiger partial charge in [-0.25, -0.2) is 0 Å². The molecule has 0 aliphatic heterocycles. The topological polar surface area (TPSA) is 19.9 Å². The van der Waals surface area contributed by atoms with E-state index in [4.69, 9.17) is 4.65 Å².